The molecule has 0 aliphatic carbocycles. The molecule has 0 N–H and O–H groups in total. The number of hydrogen-bond donors (Lipinski definition) is 0. The number of hydrogen-bond acceptors (Lipinski definition) is 6. The Morgan fingerprint density at radius 1 is 1.03 bits per heavy atom. The molecule has 3 heterocycles. The molecular weight excluding hydrogens is 456 g/mol. The lowest BCUT2D eigenvalue weighted by Gasteiger charge is -2.21. The molecule has 0 bridgehead atoms. The molecule has 5 rings (SSSR count). The van der Waals surface area contributed by atoms with E-state index in [1.807, 2.05) is 77.6 Å². The number of para-hydroxylation sites is 1. The summed E-state index contributed by atoms with van der Waals surface area (Å²) in [6, 6.07) is 18.8. The normalized spacial score (nSPS) is 16.1. The van der Waals surface area contributed by atoms with Gasteiger partial charge >= 0.3 is 0 Å². The zero-order chi connectivity index (χ0) is 23.0. The highest BCUT2D eigenvalue weighted by atomic mass is 32.2. The Hall–Kier alpha value is -3.43. The largest absolute Gasteiger partial charge is 0.497 e. The molecule has 0 saturated carbocycles. The molecule has 0 radical (unpaired) electrons. The Bertz CT molecular complexity index is 1390. The van der Waals surface area contributed by atoms with Crippen molar-refractivity contribution in [2.75, 3.05) is 13.4 Å². The molecule has 0 unspecified atom stereocenters. The monoisotopic (exact) mass is 478 g/mol. The van der Waals surface area contributed by atoms with Gasteiger partial charge in [-0.3, -0.25) is 0 Å². The van der Waals surface area contributed by atoms with Crippen LogP contribution >= 0.6 is 11.3 Å². The summed E-state index contributed by atoms with van der Waals surface area (Å²) in [5, 5.41) is 13.4. The van der Waals surface area contributed by atoms with Crippen LogP contribution in [0.25, 0.3) is 16.9 Å². The summed E-state index contributed by atoms with van der Waals surface area (Å²) in [6.45, 7) is 0. The number of thiophene rings is 1. The highest BCUT2D eigenvalue weighted by molar-refractivity contribution is 7.88. The summed E-state index contributed by atoms with van der Waals surface area (Å²) in [4.78, 5) is 0. The fraction of sp³-hybridized carbons (Fsp3) is 0.167. The minimum Gasteiger partial charge on any atom is -0.497 e. The van der Waals surface area contributed by atoms with Crippen molar-refractivity contribution in [3.05, 3.63) is 88.7 Å². The van der Waals surface area contributed by atoms with Gasteiger partial charge in [-0.2, -0.15) is 26.0 Å². The van der Waals surface area contributed by atoms with E-state index < -0.39 is 16.1 Å². The van der Waals surface area contributed by atoms with Crippen molar-refractivity contribution in [2.45, 2.75) is 12.5 Å². The molecule has 1 aliphatic heterocycles. The third-order valence-electron chi connectivity index (χ3n) is 5.55. The zero-order valence-electron chi connectivity index (χ0n) is 18.1. The van der Waals surface area contributed by atoms with Crippen LogP contribution in [-0.4, -0.2) is 41.7 Å². The lowest BCUT2D eigenvalue weighted by atomic mass is 9.98. The molecule has 0 saturated heterocycles. The molecule has 33 heavy (non-hydrogen) atoms. The van der Waals surface area contributed by atoms with Crippen molar-refractivity contribution < 1.29 is 13.2 Å². The number of nitrogens with zero attached hydrogens (tertiary/aromatic N) is 4. The van der Waals surface area contributed by atoms with Gasteiger partial charge in [0, 0.05) is 29.1 Å². The summed E-state index contributed by atoms with van der Waals surface area (Å²) >= 11 is 1.58. The van der Waals surface area contributed by atoms with Crippen molar-refractivity contribution in [1.29, 1.82) is 0 Å². The molecule has 4 aromatic rings. The molecule has 168 valence electrons. The van der Waals surface area contributed by atoms with Gasteiger partial charge in [-0.05, 0) is 53.4 Å². The third kappa shape index (κ3) is 4.17. The van der Waals surface area contributed by atoms with Crippen LogP contribution < -0.4 is 4.74 Å². The van der Waals surface area contributed by atoms with Crippen LogP contribution in [0, 0.1) is 0 Å². The second kappa shape index (κ2) is 8.49. The maximum Gasteiger partial charge on any atom is 0.247 e. The van der Waals surface area contributed by atoms with E-state index in [-0.39, 0.29) is 0 Å². The highest BCUT2D eigenvalue weighted by Crippen LogP contribution is 2.40. The first-order valence-corrected chi connectivity index (χ1v) is 13.1. The van der Waals surface area contributed by atoms with E-state index in [1.165, 1.54) is 10.7 Å². The van der Waals surface area contributed by atoms with Crippen molar-refractivity contribution in [2.24, 2.45) is 5.10 Å². The third-order valence-corrected chi connectivity index (χ3v) is 7.25. The van der Waals surface area contributed by atoms with Gasteiger partial charge in [0.2, 0.25) is 10.0 Å². The van der Waals surface area contributed by atoms with E-state index in [9.17, 15) is 8.42 Å². The van der Waals surface area contributed by atoms with Gasteiger partial charge in [-0.25, -0.2) is 13.1 Å². The van der Waals surface area contributed by atoms with Gasteiger partial charge < -0.3 is 4.74 Å². The van der Waals surface area contributed by atoms with Crippen molar-refractivity contribution in [1.82, 2.24) is 14.2 Å². The van der Waals surface area contributed by atoms with Crippen LogP contribution in [0.2, 0.25) is 0 Å². The predicted octanol–water partition coefficient (Wildman–Crippen LogP) is 4.72. The number of ether oxygens (including phenoxy) is 1. The number of aromatic nitrogens is 2. The summed E-state index contributed by atoms with van der Waals surface area (Å²) in [5.41, 5.74) is 4.99. The number of methoxy groups -OCH3 is 1. The minimum atomic E-state index is -3.61. The Labute approximate surface area is 196 Å². The Morgan fingerprint density at radius 3 is 2.42 bits per heavy atom. The van der Waals surface area contributed by atoms with E-state index in [0.29, 0.717) is 12.1 Å². The van der Waals surface area contributed by atoms with Crippen molar-refractivity contribution in [3.63, 3.8) is 0 Å². The Kier molecular flexibility index (Phi) is 5.51. The minimum absolute atomic E-state index is 0.441. The molecule has 1 aliphatic rings. The second-order valence-corrected chi connectivity index (χ2v) is 10.4. The van der Waals surface area contributed by atoms with E-state index >= 15 is 0 Å². The van der Waals surface area contributed by atoms with Crippen LogP contribution in [0.15, 0.2) is 82.7 Å². The topological polar surface area (TPSA) is 76.8 Å². The van der Waals surface area contributed by atoms with Crippen LogP contribution in [-0.2, 0) is 10.0 Å². The second-order valence-electron chi connectivity index (χ2n) is 7.76. The van der Waals surface area contributed by atoms with Gasteiger partial charge in [-0.1, -0.05) is 18.2 Å². The summed E-state index contributed by atoms with van der Waals surface area (Å²) in [5.74, 6) is 0.734. The lowest BCUT2D eigenvalue weighted by molar-refractivity contribution is 0.375. The molecule has 2 aromatic carbocycles. The lowest BCUT2D eigenvalue weighted by Crippen LogP contribution is -2.26. The van der Waals surface area contributed by atoms with E-state index in [1.54, 1.807) is 23.1 Å². The molecule has 1 atom stereocenters. The summed E-state index contributed by atoms with van der Waals surface area (Å²) in [7, 11) is -2.00. The molecule has 7 nitrogen and oxygen atoms in total. The number of sulfonamides is 1. The quantitative estimate of drug-likeness (QED) is 0.402. The first-order chi connectivity index (χ1) is 15.9. The average molecular weight is 479 g/mol. The molecule has 0 amide bonds. The highest BCUT2D eigenvalue weighted by Gasteiger charge is 2.37. The SMILES string of the molecule is COc1ccc(C2=NN(S(C)(=O)=O)[C@H](c3cn(-c4ccccc4)nc3-c3ccsc3)C2)cc1. The first kappa shape index (κ1) is 21.4. The van der Waals surface area contributed by atoms with Gasteiger partial charge in [0.25, 0.3) is 0 Å². The zero-order valence-corrected chi connectivity index (χ0v) is 19.8. The summed E-state index contributed by atoms with van der Waals surface area (Å²) in [6.07, 6.45) is 3.54. The maximum atomic E-state index is 12.7. The average Bonchev–Trinajstić information content (AvgIpc) is 3.58. The first-order valence-electron chi connectivity index (χ1n) is 10.3. The molecule has 0 fully saturated rings. The fourth-order valence-corrected chi connectivity index (χ4v) is 5.49. The standard InChI is InChI=1S/C24H22N4O3S2/c1-31-20-10-8-17(9-11-20)22-14-23(28(25-22)33(2,29)30)21-15-27(19-6-4-3-5-7-19)26-24(21)18-12-13-32-16-18/h3-13,15-16,23H,14H2,1-2H3/t23-/m0/s1. The smallest absolute Gasteiger partial charge is 0.247 e. The van der Waals surface area contributed by atoms with E-state index in [4.69, 9.17) is 9.84 Å². The molecular formula is C24H22N4O3S2. The van der Waals surface area contributed by atoms with Gasteiger partial charge in [0.15, 0.2) is 0 Å². The van der Waals surface area contributed by atoms with Gasteiger partial charge in [-0.15, -0.1) is 0 Å². The number of rotatable bonds is 6. The number of benzene rings is 2. The van der Waals surface area contributed by atoms with Crippen molar-refractivity contribution >= 4 is 27.1 Å². The molecule has 2 aromatic heterocycles. The molecule has 9 heteroatoms. The Morgan fingerprint density at radius 2 is 1.79 bits per heavy atom. The fourth-order valence-electron chi connectivity index (χ4n) is 3.95. The Balaban J connectivity index is 1.60. The van der Waals surface area contributed by atoms with Crippen LogP contribution in [0.4, 0.5) is 0 Å². The van der Waals surface area contributed by atoms with Gasteiger partial charge in [0.1, 0.15) is 5.75 Å². The van der Waals surface area contributed by atoms with Crippen molar-refractivity contribution in [3.8, 4) is 22.7 Å². The van der Waals surface area contributed by atoms with Crippen LogP contribution in [0.3, 0.4) is 0 Å². The van der Waals surface area contributed by atoms with Gasteiger partial charge in [0.05, 0.1) is 36.5 Å². The van der Waals surface area contributed by atoms with Crippen LogP contribution in [0.1, 0.15) is 23.6 Å². The maximum absolute atomic E-state index is 12.7. The van der Waals surface area contributed by atoms with Crippen LogP contribution in [0.5, 0.6) is 5.75 Å². The summed E-state index contributed by atoms with van der Waals surface area (Å²) < 4.78 is 33.7. The number of hydrazone groups is 1. The predicted molar refractivity (Wildman–Crippen MR) is 130 cm³/mol. The molecule has 0 spiro atoms. The van der Waals surface area contributed by atoms with E-state index in [0.717, 1.165) is 33.8 Å². The van der Waals surface area contributed by atoms with E-state index in [2.05, 4.69) is 5.10 Å².